The second kappa shape index (κ2) is 12.1. The number of carboxylic acids is 1. The van der Waals surface area contributed by atoms with Crippen molar-refractivity contribution in [1.82, 2.24) is 4.90 Å². The average Bonchev–Trinajstić information content (AvgIpc) is 3.26. The van der Waals surface area contributed by atoms with Crippen molar-refractivity contribution in [2.75, 3.05) is 23.8 Å². The van der Waals surface area contributed by atoms with E-state index in [-0.39, 0.29) is 43.5 Å². The van der Waals surface area contributed by atoms with Gasteiger partial charge in [-0.15, -0.1) is 0 Å². The number of carbonyl (C=O) groups is 3. The number of benzene rings is 3. The zero-order valence-electron chi connectivity index (χ0n) is 20.6. The van der Waals surface area contributed by atoms with E-state index in [1.165, 1.54) is 29.2 Å². The first-order chi connectivity index (χ1) is 18.2. The zero-order chi connectivity index (χ0) is 27.2. The van der Waals surface area contributed by atoms with Crippen molar-refractivity contribution >= 4 is 45.2 Å². The summed E-state index contributed by atoms with van der Waals surface area (Å²) in [7, 11) is 0. The van der Waals surface area contributed by atoms with Gasteiger partial charge in [0.15, 0.2) is 0 Å². The smallest absolute Gasteiger partial charge is 0.335 e. The highest BCUT2D eigenvalue weighted by atomic mass is 79.9. The maximum absolute atomic E-state index is 14.3. The Labute approximate surface area is 227 Å². The SMILES string of the molecule is Cc1ccccc1NC(=O)Nc1ccc(CC(=O)N2C[C@@H](F)C[C@H]2COc2ccc(C(=O)O)cc2)c(Br)c1. The number of nitrogens with zero attached hydrogens (tertiary/aromatic N) is 1. The number of hydrogen-bond donors (Lipinski definition) is 3. The summed E-state index contributed by atoms with van der Waals surface area (Å²) in [6, 6.07) is 17.7. The predicted molar refractivity (Wildman–Crippen MR) is 146 cm³/mol. The van der Waals surface area contributed by atoms with E-state index in [2.05, 4.69) is 26.6 Å². The number of ether oxygens (including phenoxy) is 1. The Morgan fingerprint density at radius 2 is 1.82 bits per heavy atom. The van der Waals surface area contributed by atoms with E-state index in [4.69, 9.17) is 9.84 Å². The van der Waals surface area contributed by atoms with E-state index in [9.17, 15) is 18.8 Å². The molecule has 3 aromatic rings. The van der Waals surface area contributed by atoms with Crippen LogP contribution in [-0.2, 0) is 11.2 Å². The van der Waals surface area contributed by atoms with Gasteiger partial charge >= 0.3 is 12.0 Å². The minimum atomic E-state index is -1.15. The molecule has 4 rings (SSSR count). The summed E-state index contributed by atoms with van der Waals surface area (Å²) < 4.78 is 20.6. The van der Waals surface area contributed by atoms with Crippen LogP contribution in [0.25, 0.3) is 0 Å². The zero-order valence-corrected chi connectivity index (χ0v) is 22.2. The van der Waals surface area contributed by atoms with Gasteiger partial charge in [0.25, 0.3) is 0 Å². The average molecular weight is 584 g/mol. The topological polar surface area (TPSA) is 108 Å². The lowest BCUT2D eigenvalue weighted by Gasteiger charge is -2.25. The number of aromatic carboxylic acids is 1. The number of para-hydroxylation sites is 1. The number of urea groups is 1. The normalized spacial score (nSPS) is 16.7. The van der Waals surface area contributed by atoms with Gasteiger partial charge in [0.05, 0.1) is 24.6 Å². The highest BCUT2D eigenvalue weighted by molar-refractivity contribution is 9.10. The van der Waals surface area contributed by atoms with E-state index in [1.54, 1.807) is 18.2 Å². The van der Waals surface area contributed by atoms with Crippen LogP contribution in [0.4, 0.5) is 20.6 Å². The van der Waals surface area contributed by atoms with Gasteiger partial charge in [-0.3, -0.25) is 4.79 Å². The molecule has 3 aromatic carbocycles. The van der Waals surface area contributed by atoms with Crippen LogP contribution in [-0.4, -0.2) is 53.3 Å². The van der Waals surface area contributed by atoms with Gasteiger partial charge in [-0.2, -0.15) is 0 Å². The number of carboxylic acid groups (broad SMARTS) is 1. The number of amides is 3. The molecule has 1 fully saturated rings. The Hall–Kier alpha value is -3.92. The first kappa shape index (κ1) is 27.1. The Morgan fingerprint density at radius 1 is 1.08 bits per heavy atom. The number of likely N-dealkylation sites (tertiary alicyclic amines) is 1. The van der Waals surface area contributed by atoms with E-state index in [0.29, 0.717) is 27.2 Å². The summed E-state index contributed by atoms with van der Waals surface area (Å²) in [5.41, 5.74) is 3.03. The summed E-state index contributed by atoms with van der Waals surface area (Å²) in [4.78, 5) is 38.0. The molecule has 10 heteroatoms. The Bertz CT molecular complexity index is 1330. The molecule has 3 amide bonds. The standard InChI is InChI=1S/C28H27BrFN3O5/c1-17-4-2-3-5-25(17)32-28(37)31-21-9-6-19(24(29)14-21)12-26(34)33-15-20(30)13-22(33)16-38-23-10-7-18(8-11-23)27(35)36/h2-11,14,20,22H,12-13,15-16H2,1H3,(H,35,36)(H2,31,32,37)/t20-,22-/m0/s1. The molecule has 0 spiro atoms. The quantitative estimate of drug-likeness (QED) is 0.317. The summed E-state index contributed by atoms with van der Waals surface area (Å²) in [5.74, 6) is -0.828. The van der Waals surface area contributed by atoms with Gasteiger partial charge in [0.1, 0.15) is 18.5 Å². The lowest BCUT2D eigenvalue weighted by molar-refractivity contribution is -0.132. The lowest BCUT2D eigenvalue weighted by atomic mass is 10.1. The van der Waals surface area contributed by atoms with E-state index in [1.807, 2.05) is 31.2 Å². The minimum absolute atomic E-state index is 0.0128. The van der Waals surface area contributed by atoms with Crippen molar-refractivity contribution in [2.45, 2.75) is 32.0 Å². The predicted octanol–water partition coefficient (Wildman–Crippen LogP) is 5.66. The van der Waals surface area contributed by atoms with Crippen LogP contribution < -0.4 is 15.4 Å². The van der Waals surface area contributed by atoms with Crippen LogP contribution >= 0.6 is 15.9 Å². The molecule has 1 saturated heterocycles. The summed E-state index contributed by atoms with van der Waals surface area (Å²) >= 11 is 3.47. The third kappa shape index (κ3) is 6.89. The molecule has 1 aliphatic rings. The van der Waals surface area contributed by atoms with Crippen molar-refractivity contribution in [2.24, 2.45) is 0 Å². The third-order valence-corrected chi connectivity index (χ3v) is 7.01. The van der Waals surface area contributed by atoms with Gasteiger partial charge in [-0.05, 0) is 60.5 Å². The summed E-state index contributed by atoms with van der Waals surface area (Å²) in [6.45, 7) is 1.98. The van der Waals surface area contributed by atoms with E-state index >= 15 is 0 Å². The van der Waals surface area contributed by atoms with Gasteiger partial charge < -0.3 is 25.4 Å². The lowest BCUT2D eigenvalue weighted by Crippen LogP contribution is -2.40. The first-order valence-corrected chi connectivity index (χ1v) is 12.8. The molecule has 8 nitrogen and oxygen atoms in total. The fourth-order valence-electron chi connectivity index (χ4n) is 4.24. The maximum Gasteiger partial charge on any atom is 0.335 e. The van der Waals surface area contributed by atoms with Crippen LogP contribution in [0, 0.1) is 6.92 Å². The van der Waals surface area contributed by atoms with Gasteiger partial charge in [0, 0.05) is 22.3 Å². The number of halogens is 2. The molecular weight excluding hydrogens is 557 g/mol. The number of alkyl halides is 1. The van der Waals surface area contributed by atoms with E-state index in [0.717, 1.165) is 5.56 Å². The second-order valence-corrected chi connectivity index (χ2v) is 9.90. The first-order valence-electron chi connectivity index (χ1n) is 12.0. The van der Waals surface area contributed by atoms with Crippen LogP contribution in [0.15, 0.2) is 71.2 Å². The Balaban J connectivity index is 1.34. The van der Waals surface area contributed by atoms with Crippen LogP contribution in [0.3, 0.4) is 0 Å². The number of carbonyl (C=O) groups excluding carboxylic acids is 2. The Kier molecular flexibility index (Phi) is 8.62. The largest absolute Gasteiger partial charge is 0.491 e. The molecule has 38 heavy (non-hydrogen) atoms. The third-order valence-electron chi connectivity index (χ3n) is 6.27. The number of anilines is 2. The monoisotopic (exact) mass is 583 g/mol. The number of hydrogen-bond acceptors (Lipinski definition) is 4. The van der Waals surface area contributed by atoms with Gasteiger partial charge in [0.2, 0.25) is 5.91 Å². The van der Waals surface area contributed by atoms with Crippen molar-refractivity contribution in [1.29, 1.82) is 0 Å². The summed E-state index contributed by atoms with van der Waals surface area (Å²) in [6.07, 6.45) is -0.935. The molecule has 3 N–H and O–H groups in total. The van der Waals surface area contributed by atoms with Crippen LogP contribution in [0.5, 0.6) is 5.75 Å². The molecule has 0 saturated carbocycles. The number of rotatable bonds is 8. The van der Waals surface area contributed by atoms with Crippen molar-refractivity contribution in [3.05, 3.63) is 87.9 Å². The molecule has 1 aliphatic heterocycles. The minimum Gasteiger partial charge on any atom is -0.491 e. The van der Waals surface area contributed by atoms with Crippen molar-refractivity contribution in [3.63, 3.8) is 0 Å². The Morgan fingerprint density at radius 3 is 2.50 bits per heavy atom. The molecular formula is C28H27BrFN3O5. The molecule has 0 bridgehead atoms. The molecule has 198 valence electrons. The molecule has 0 aliphatic carbocycles. The molecule has 0 aromatic heterocycles. The molecule has 1 heterocycles. The maximum atomic E-state index is 14.3. The van der Waals surface area contributed by atoms with Crippen molar-refractivity contribution in [3.8, 4) is 5.75 Å². The fourth-order valence-corrected chi connectivity index (χ4v) is 4.76. The van der Waals surface area contributed by atoms with Gasteiger partial charge in [-0.1, -0.05) is 40.2 Å². The highest BCUT2D eigenvalue weighted by Gasteiger charge is 2.35. The number of aryl methyl sites for hydroxylation is 1. The van der Waals surface area contributed by atoms with E-state index < -0.39 is 18.2 Å². The highest BCUT2D eigenvalue weighted by Crippen LogP contribution is 2.27. The van der Waals surface area contributed by atoms with Crippen molar-refractivity contribution < 1.29 is 28.6 Å². The van der Waals surface area contributed by atoms with Crippen LogP contribution in [0.1, 0.15) is 27.9 Å². The van der Waals surface area contributed by atoms with Crippen LogP contribution in [0.2, 0.25) is 0 Å². The van der Waals surface area contributed by atoms with Gasteiger partial charge in [-0.25, -0.2) is 14.0 Å². The summed E-state index contributed by atoms with van der Waals surface area (Å²) in [5, 5.41) is 14.6. The molecule has 0 radical (unpaired) electrons. The second-order valence-electron chi connectivity index (χ2n) is 9.05. The molecule has 0 unspecified atom stereocenters. The fraction of sp³-hybridized carbons (Fsp3) is 0.250. The molecule has 2 atom stereocenters. The number of nitrogens with one attached hydrogen (secondary N) is 2.